The third-order valence-corrected chi connectivity index (χ3v) is 3.46. The van der Waals surface area contributed by atoms with Crippen LogP contribution in [0.5, 0.6) is 5.75 Å². The second-order valence-electron chi connectivity index (χ2n) is 4.50. The number of rotatable bonds is 5. The predicted octanol–water partition coefficient (Wildman–Crippen LogP) is 3.87. The minimum Gasteiger partial charge on any atom is -0.493 e. The molecule has 0 radical (unpaired) electrons. The van der Waals surface area contributed by atoms with Gasteiger partial charge in [-0.3, -0.25) is 4.79 Å². The first-order valence-electron chi connectivity index (χ1n) is 6.17. The van der Waals surface area contributed by atoms with E-state index in [4.69, 9.17) is 16.3 Å². The molecule has 0 atom stereocenters. The lowest BCUT2D eigenvalue weighted by molar-refractivity contribution is -0.123. The van der Waals surface area contributed by atoms with Crippen molar-refractivity contribution in [2.24, 2.45) is 5.92 Å². The number of hydrogen-bond acceptors (Lipinski definition) is 2. The quantitative estimate of drug-likeness (QED) is 0.795. The molecule has 0 aromatic heterocycles. The Bertz CT molecular complexity index is 384. The maximum absolute atomic E-state index is 11.8. The van der Waals surface area contributed by atoms with Crippen LogP contribution < -0.4 is 4.74 Å². The van der Waals surface area contributed by atoms with Crippen LogP contribution in [0.1, 0.15) is 32.1 Å². The fourth-order valence-electron chi connectivity index (χ4n) is 2.28. The van der Waals surface area contributed by atoms with E-state index < -0.39 is 0 Å². The second kappa shape index (κ2) is 6.06. The average molecular weight is 253 g/mol. The van der Waals surface area contributed by atoms with Crippen LogP contribution >= 0.6 is 11.6 Å². The van der Waals surface area contributed by atoms with E-state index >= 15 is 0 Å². The third-order valence-electron chi connectivity index (χ3n) is 3.22. The van der Waals surface area contributed by atoms with Crippen molar-refractivity contribution >= 4 is 17.4 Å². The minimum atomic E-state index is 0.290. The second-order valence-corrected chi connectivity index (χ2v) is 4.94. The van der Waals surface area contributed by atoms with Gasteiger partial charge >= 0.3 is 0 Å². The fraction of sp³-hybridized carbons (Fsp3) is 0.500. The Balaban J connectivity index is 1.73. The zero-order chi connectivity index (χ0) is 12.1. The number of ketones is 1. The van der Waals surface area contributed by atoms with Gasteiger partial charge in [-0.1, -0.05) is 30.5 Å². The highest BCUT2D eigenvalue weighted by Gasteiger charge is 2.21. The maximum Gasteiger partial charge on any atom is 0.139 e. The van der Waals surface area contributed by atoms with Crippen LogP contribution in [-0.2, 0) is 4.79 Å². The zero-order valence-electron chi connectivity index (χ0n) is 9.82. The number of ether oxygens (including phenoxy) is 1. The van der Waals surface area contributed by atoms with Gasteiger partial charge in [0.15, 0.2) is 0 Å². The van der Waals surface area contributed by atoms with E-state index in [1.165, 1.54) is 12.8 Å². The number of carbonyl (C=O) groups excluding carboxylic acids is 1. The Kier molecular flexibility index (Phi) is 4.43. The highest BCUT2D eigenvalue weighted by atomic mass is 35.5. The summed E-state index contributed by atoms with van der Waals surface area (Å²) < 4.78 is 5.51. The summed E-state index contributed by atoms with van der Waals surface area (Å²) in [5, 5.41) is 0.657. The largest absolute Gasteiger partial charge is 0.493 e. The van der Waals surface area contributed by atoms with Crippen LogP contribution in [0.3, 0.4) is 0 Å². The Hall–Kier alpha value is -1.02. The van der Waals surface area contributed by atoms with Gasteiger partial charge in [-0.2, -0.15) is 0 Å². The van der Waals surface area contributed by atoms with E-state index in [-0.39, 0.29) is 5.92 Å². The van der Waals surface area contributed by atoms with Crippen molar-refractivity contribution in [1.82, 2.24) is 0 Å². The molecule has 1 aromatic rings. The maximum atomic E-state index is 11.8. The number of hydrogen-bond donors (Lipinski definition) is 0. The molecule has 0 aliphatic heterocycles. The van der Waals surface area contributed by atoms with Gasteiger partial charge in [0, 0.05) is 17.4 Å². The molecular formula is C14H17ClO2. The normalized spacial score (nSPS) is 16.1. The molecule has 17 heavy (non-hydrogen) atoms. The first-order valence-corrected chi connectivity index (χ1v) is 6.54. The Morgan fingerprint density at radius 3 is 2.82 bits per heavy atom. The smallest absolute Gasteiger partial charge is 0.139 e. The van der Waals surface area contributed by atoms with Gasteiger partial charge in [-0.15, -0.1) is 0 Å². The Morgan fingerprint density at radius 2 is 2.12 bits per heavy atom. The van der Waals surface area contributed by atoms with E-state index in [1.54, 1.807) is 12.1 Å². The molecule has 0 saturated heterocycles. The fourth-order valence-corrected chi connectivity index (χ4v) is 2.46. The molecule has 1 aromatic carbocycles. The van der Waals surface area contributed by atoms with Crippen molar-refractivity contribution in [3.63, 3.8) is 0 Å². The SMILES string of the molecule is O=C(CCOc1cccc(Cl)c1)C1CCCC1. The molecule has 2 nitrogen and oxygen atoms in total. The summed E-state index contributed by atoms with van der Waals surface area (Å²) in [7, 11) is 0. The van der Waals surface area contributed by atoms with E-state index in [0.29, 0.717) is 23.8 Å². The van der Waals surface area contributed by atoms with E-state index in [1.807, 2.05) is 12.1 Å². The van der Waals surface area contributed by atoms with Crippen LogP contribution in [0.15, 0.2) is 24.3 Å². The van der Waals surface area contributed by atoms with E-state index in [2.05, 4.69) is 0 Å². The molecule has 1 aliphatic carbocycles. The summed E-state index contributed by atoms with van der Waals surface area (Å²) in [6.07, 6.45) is 5.04. The van der Waals surface area contributed by atoms with Crippen LogP contribution in [0.25, 0.3) is 0 Å². The third kappa shape index (κ3) is 3.74. The molecule has 0 amide bonds. The molecule has 3 heteroatoms. The van der Waals surface area contributed by atoms with Crippen molar-refractivity contribution in [3.05, 3.63) is 29.3 Å². The zero-order valence-corrected chi connectivity index (χ0v) is 10.6. The highest BCUT2D eigenvalue weighted by Crippen LogP contribution is 2.26. The van der Waals surface area contributed by atoms with Gasteiger partial charge in [-0.25, -0.2) is 0 Å². The summed E-state index contributed by atoms with van der Waals surface area (Å²) in [6.45, 7) is 0.454. The molecular weight excluding hydrogens is 236 g/mol. The standard InChI is InChI=1S/C14H17ClO2/c15-12-6-3-7-13(10-12)17-9-8-14(16)11-4-1-2-5-11/h3,6-7,10-11H,1-2,4-5,8-9H2. The monoisotopic (exact) mass is 252 g/mol. The molecule has 0 N–H and O–H groups in total. The van der Waals surface area contributed by atoms with Gasteiger partial charge in [-0.05, 0) is 31.0 Å². The lowest BCUT2D eigenvalue weighted by Gasteiger charge is -2.09. The van der Waals surface area contributed by atoms with Crippen molar-refractivity contribution in [2.75, 3.05) is 6.61 Å². The van der Waals surface area contributed by atoms with Gasteiger partial charge in [0.1, 0.15) is 11.5 Å². The van der Waals surface area contributed by atoms with Crippen LogP contribution in [0, 0.1) is 5.92 Å². The molecule has 0 heterocycles. The topological polar surface area (TPSA) is 26.3 Å². The molecule has 0 spiro atoms. The van der Waals surface area contributed by atoms with Gasteiger partial charge < -0.3 is 4.74 Å². The lowest BCUT2D eigenvalue weighted by Crippen LogP contribution is -2.14. The van der Waals surface area contributed by atoms with Gasteiger partial charge in [0.25, 0.3) is 0 Å². The van der Waals surface area contributed by atoms with Gasteiger partial charge in [0.2, 0.25) is 0 Å². The summed E-state index contributed by atoms with van der Waals surface area (Å²) in [5.41, 5.74) is 0. The highest BCUT2D eigenvalue weighted by molar-refractivity contribution is 6.30. The number of carbonyl (C=O) groups is 1. The van der Waals surface area contributed by atoms with Crippen molar-refractivity contribution in [1.29, 1.82) is 0 Å². The Morgan fingerprint density at radius 1 is 1.35 bits per heavy atom. The summed E-state index contributed by atoms with van der Waals surface area (Å²) >= 11 is 5.84. The lowest BCUT2D eigenvalue weighted by atomic mass is 10.0. The van der Waals surface area contributed by atoms with Crippen LogP contribution in [0.4, 0.5) is 0 Å². The van der Waals surface area contributed by atoms with Gasteiger partial charge in [0.05, 0.1) is 6.61 Å². The molecule has 2 rings (SSSR count). The summed E-state index contributed by atoms with van der Waals surface area (Å²) in [4.78, 5) is 11.8. The Labute approximate surface area is 107 Å². The molecule has 92 valence electrons. The molecule has 1 fully saturated rings. The number of benzene rings is 1. The first-order chi connectivity index (χ1) is 8.25. The molecule has 0 bridgehead atoms. The summed E-state index contributed by atoms with van der Waals surface area (Å²) in [5.74, 6) is 1.37. The first kappa shape index (κ1) is 12.4. The van der Waals surface area contributed by atoms with Crippen LogP contribution in [-0.4, -0.2) is 12.4 Å². The molecule has 0 unspecified atom stereocenters. The molecule has 1 aliphatic rings. The summed E-state index contributed by atoms with van der Waals surface area (Å²) in [6, 6.07) is 7.27. The van der Waals surface area contributed by atoms with Crippen molar-refractivity contribution < 1.29 is 9.53 Å². The van der Waals surface area contributed by atoms with E-state index in [9.17, 15) is 4.79 Å². The van der Waals surface area contributed by atoms with Crippen LogP contribution in [0.2, 0.25) is 5.02 Å². The predicted molar refractivity (Wildman–Crippen MR) is 68.5 cm³/mol. The molecule has 1 saturated carbocycles. The van der Waals surface area contributed by atoms with Crippen molar-refractivity contribution in [2.45, 2.75) is 32.1 Å². The van der Waals surface area contributed by atoms with Crippen molar-refractivity contribution in [3.8, 4) is 5.75 Å². The number of halogens is 1. The average Bonchev–Trinajstić information content (AvgIpc) is 2.82. The van der Waals surface area contributed by atoms with E-state index in [0.717, 1.165) is 18.6 Å². The number of Topliss-reactive ketones (excluding diaryl/α,β-unsaturated/α-hetero) is 1. The minimum absolute atomic E-state index is 0.290.